The Morgan fingerprint density at radius 3 is 2.71 bits per heavy atom. The Morgan fingerprint density at radius 1 is 1.29 bits per heavy atom. The van der Waals surface area contributed by atoms with Crippen LogP contribution >= 0.6 is 0 Å². The van der Waals surface area contributed by atoms with Crippen LogP contribution in [0.4, 0.5) is 10.1 Å². The van der Waals surface area contributed by atoms with Crippen molar-refractivity contribution in [3.8, 4) is 0 Å². The van der Waals surface area contributed by atoms with Crippen LogP contribution in [0, 0.1) is 19.7 Å². The van der Waals surface area contributed by atoms with Gasteiger partial charge in [-0.15, -0.1) is 0 Å². The molecule has 0 bridgehead atoms. The van der Waals surface area contributed by atoms with Crippen molar-refractivity contribution in [1.29, 1.82) is 0 Å². The molecule has 0 radical (unpaired) electrons. The van der Waals surface area contributed by atoms with Crippen LogP contribution in [0.15, 0.2) is 18.2 Å². The molecule has 1 atom stereocenters. The fourth-order valence-electron chi connectivity index (χ4n) is 3.75. The first-order chi connectivity index (χ1) is 14.7. The third kappa shape index (κ3) is 4.91. The van der Waals surface area contributed by atoms with Crippen LogP contribution in [0.3, 0.4) is 0 Å². The summed E-state index contributed by atoms with van der Waals surface area (Å²) in [5.41, 5.74) is 3.70. The number of hydrogen-bond donors (Lipinski definition) is 3. The van der Waals surface area contributed by atoms with Gasteiger partial charge in [0.1, 0.15) is 11.6 Å². The van der Waals surface area contributed by atoms with Crippen LogP contribution in [0.1, 0.15) is 53.1 Å². The predicted molar refractivity (Wildman–Crippen MR) is 116 cm³/mol. The maximum absolute atomic E-state index is 13.7. The van der Waals surface area contributed by atoms with E-state index >= 15 is 0 Å². The van der Waals surface area contributed by atoms with Crippen LogP contribution in [0.25, 0.3) is 11.6 Å². The number of amides is 2. The third-order valence-corrected chi connectivity index (χ3v) is 5.16. The van der Waals surface area contributed by atoms with Gasteiger partial charge in [-0.25, -0.2) is 4.39 Å². The van der Waals surface area contributed by atoms with Gasteiger partial charge < -0.3 is 20.4 Å². The van der Waals surface area contributed by atoms with Crippen molar-refractivity contribution in [2.24, 2.45) is 0 Å². The molecule has 0 spiro atoms. The highest BCUT2D eigenvalue weighted by Crippen LogP contribution is 2.34. The fraction of sp³-hybridized carbons (Fsp3) is 0.348. The number of carbonyl (C=O) groups excluding carboxylic acids is 3. The van der Waals surface area contributed by atoms with E-state index in [-0.39, 0.29) is 36.7 Å². The molecule has 2 amide bonds. The number of aromatic nitrogens is 1. The third-order valence-electron chi connectivity index (χ3n) is 5.16. The second kappa shape index (κ2) is 9.26. The standard InChI is InChI=1S/C23H26FN3O4/c1-5-31-16(8-12(2)28)11-25-23(30)21-13(3)20(26-14(21)4)10-18-17-9-15(24)6-7-19(17)27-22(18)29/h6-7,9-10,16,26H,5,8,11H2,1-4H3,(H,25,30)(H,27,29)/b18-10-. The van der Waals surface area contributed by atoms with Crippen molar-refractivity contribution in [2.75, 3.05) is 18.5 Å². The van der Waals surface area contributed by atoms with Gasteiger partial charge in [0, 0.05) is 42.2 Å². The van der Waals surface area contributed by atoms with E-state index in [1.807, 2.05) is 6.92 Å². The van der Waals surface area contributed by atoms with Crippen molar-refractivity contribution in [1.82, 2.24) is 10.3 Å². The van der Waals surface area contributed by atoms with Gasteiger partial charge in [0.15, 0.2) is 0 Å². The lowest BCUT2D eigenvalue weighted by molar-refractivity contribution is -0.119. The molecular formula is C23H26FN3O4. The number of aryl methyl sites for hydroxylation is 1. The number of fused-ring (bicyclic) bond motifs is 1. The predicted octanol–water partition coefficient (Wildman–Crippen LogP) is 3.38. The molecule has 2 aromatic rings. The number of anilines is 1. The van der Waals surface area contributed by atoms with E-state index in [0.717, 1.165) is 0 Å². The van der Waals surface area contributed by atoms with E-state index in [2.05, 4.69) is 15.6 Å². The highest BCUT2D eigenvalue weighted by atomic mass is 19.1. The highest BCUT2D eigenvalue weighted by Gasteiger charge is 2.26. The fourth-order valence-corrected chi connectivity index (χ4v) is 3.75. The average molecular weight is 427 g/mol. The molecule has 1 aromatic heterocycles. The largest absolute Gasteiger partial charge is 0.376 e. The first-order valence-corrected chi connectivity index (χ1v) is 10.1. The minimum atomic E-state index is -0.435. The molecule has 1 unspecified atom stereocenters. The molecule has 1 aromatic carbocycles. The molecule has 1 aliphatic rings. The van der Waals surface area contributed by atoms with Crippen molar-refractivity contribution < 1.29 is 23.5 Å². The molecule has 0 fully saturated rings. The summed E-state index contributed by atoms with van der Waals surface area (Å²) < 4.78 is 19.2. The number of ether oxygens (including phenoxy) is 1. The molecule has 3 rings (SSSR count). The summed E-state index contributed by atoms with van der Waals surface area (Å²) in [5.74, 6) is -1.08. The number of benzene rings is 1. The van der Waals surface area contributed by atoms with Crippen molar-refractivity contribution in [3.05, 3.63) is 52.1 Å². The second-order valence-electron chi connectivity index (χ2n) is 7.56. The summed E-state index contributed by atoms with van der Waals surface area (Å²) in [4.78, 5) is 39.7. The molecule has 0 aliphatic carbocycles. The molecule has 3 N–H and O–H groups in total. The van der Waals surface area contributed by atoms with E-state index in [9.17, 15) is 18.8 Å². The zero-order valence-electron chi connectivity index (χ0n) is 18.0. The van der Waals surface area contributed by atoms with Gasteiger partial charge in [-0.3, -0.25) is 14.4 Å². The number of rotatable bonds is 8. The smallest absolute Gasteiger partial charge is 0.256 e. The molecule has 0 saturated carbocycles. The van der Waals surface area contributed by atoms with Gasteiger partial charge in [-0.2, -0.15) is 0 Å². The zero-order chi connectivity index (χ0) is 22.7. The zero-order valence-corrected chi connectivity index (χ0v) is 18.0. The lowest BCUT2D eigenvalue weighted by Gasteiger charge is -2.16. The van der Waals surface area contributed by atoms with Crippen molar-refractivity contribution in [2.45, 2.75) is 40.2 Å². The molecule has 7 nitrogen and oxygen atoms in total. The quantitative estimate of drug-likeness (QED) is 0.562. The van der Waals surface area contributed by atoms with Crippen LogP contribution in [0.5, 0.6) is 0 Å². The summed E-state index contributed by atoms with van der Waals surface area (Å²) in [6.45, 7) is 7.51. The van der Waals surface area contributed by atoms with Gasteiger partial charge >= 0.3 is 0 Å². The van der Waals surface area contributed by atoms with Crippen LogP contribution < -0.4 is 10.6 Å². The number of aromatic amines is 1. The maximum Gasteiger partial charge on any atom is 0.256 e. The van der Waals surface area contributed by atoms with E-state index in [4.69, 9.17) is 4.74 Å². The number of hydrogen-bond acceptors (Lipinski definition) is 4. The van der Waals surface area contributed by atoms with Gasteiger partial charge in [0.2, 0.25) is 0 Å². The number of Topliss-reactive ketones (excluding diaryl/α,β-unsaturated/α-hetero) is 1. The maximum atomic E-state index is 13.7. The van der Waals surface area contributed by atoms with Crippen molar-refractivity contribution >= 4 is 34.9 Å². The Kier molecular flexibility index (Phi) is 6.70. The molecule has 2 heterocycles. The lowest BCUT2D eigenvalue weighted by atomic mass is 10.0. The first-order valence-electron chi connectivity index (χ1n) is 10.1. The summed E-state index contributed by atoms with van der Waals surface area (Å²) >= 11 is 0. The Morgan fingerprint density at radius 2 is 2.03 bits per heavy atom. The lowest BCUT2D eigenvalue weighted by Crippen LogP contribution is -2.35. The molecule has 8 heteroatoms. The Labute approximate surface area is 180 Å². The average Bonchev–Trinajstić information content (AvgIpc) is 3.15. The van der Waals surface area contributed by atoms with E-state index < -0.39 is 5.82 Å². The van der Waals surface area contributed by atoms with Gasteiger partial charge in [-0.05, 0) is 57.5 Å². The van der Waals surface area contributed by atoms with Crippen LogP contribution in [-0.2, 0) is 14.3 Å². The first kappa shape index (κ1) is 22.4. The molecule has 31 heavy (non-hydrogen) atoms. The number of carbonyl (C=O) groups is 3. The minimum absolute atomic E-state index is 0.0119. The molecular weight excluding hydrogens is 401 g/mol. The Balaban J connectivity index is 1.84. The van der Waals surface area contributed by atoms with Crippen molar-refractivity contribution in [3.63, 3.8) is 0 Å². The number of ketones is 1. The molecule has 1 aliphatic heterocycles. The summed E-state index contributed by atoms with van der Waals surface area (Å²) in [6.07, 6.45) is 1.46. The van der Waals surface area contributed by atoms with E-state index in [1.54, 1.807) is 19.9 Å². The monoisotopic (exact) mass is 427 g/mol. The minimum Gasteiger partial charge on any atom is -0.376 e. The highest BCUT2D eigenvalue weighted by molar-refractivity contribution is 6.34. The molecule has 0 saturated heterocycles. The van der Waals surface area contributed by atoms with Crippen LogP contribution in [0.2, 0.25) is 0 Å². The summed E-state index contributed by atoms with van der Waals surface area (Å²) in [5, 5.41) is 5.53. The van der Waals surface area contributed by atoms with Gasteiger partial charge in [0.25, 0.3) is 11.8 Å². The number of nitrogens with one attached hydrogen (secondary N) is 3. The van der Waals surface area contributed by atoms with Gasteiger partial charge in [-0.1, -0.05) is 0 Å². The summed E-state index contributed by atoms with van der Waals surface area (Å²) in [6, 6.07) is 4.11. The normalized spacial score (nSPS) is 15.0. The van der Waals surface area contributed by atoms with Crippen LogP contribution in [-0.4, -0.2) is 41.8 Å². The van der Waals surface area contributed by atoms with E-state index in [0.29, 0.717) is 45.9 Å². The number of H-pyrrole nitrogens is 1. The van der Waals surface area contributed by atoms with Gasteiger partial charge in [0.05, 0.1) is 17.2 Å². The molecule has 164 valence electrons. The second-order valence-corrected chi connectivity index (χ2v) is 7.56. The topological polar surface area (TPSA) is 100 Å². The number of halogens is 1. The van der Waals surface area contributed by atoms with E-state index in [1.165, 1.54) is 25.1 Å². The Hall–Kier alpha value is -3.26. The SMILES string of the molecule is CCOC(CNC(=O)c1c(C)[nH]c(/C=C2\C(=O)Nc3ccc(F)cc32)c1C)CC(C)=O. The Bertz CT molecular complexity index is 1070. The summed E-state index contributed by atoms with van der Waals surface area (Å²) in [7, 11) is 0.